The number of benzene rings is 3. The number of rotatable bonds is 9. The molecule has 8 nitrogen and oxygen atoms in total. The molecular weight excluding hydrogens is 472 g/mol. The molecule has 2 heterocycles. The summed E-state index contributed by atoms with van der Waals surface area (Å²) >= 11 is 0. The predicted molar refractivity (Wildman–Crippen MR) is 141 cm³/mol. The van der Waals surface area contributed by atoms with Crippen LogP contribution in [0.2, 0.25) is 0 Å². The zero-order valence-corrected chi connectivity index (χ0v) is 20.6. The summed E-state index contributed by atoms with van der Waals surface area (Å²) in [5, 5.41) is 4.00. The van der Waals surface area contributed by atoms with Crippen molar-refractivity contribution < 1.29 is 8.42 Å². The van der Waals surface area contributed by atoms with E-state index in [0.29, 0.717) is 29.9 Å². The van der Waals surface area contributed by atoms with Crippen molar-refractivity contribution in [1.82, 2.24) is 19.7 Å². The van der Waals surface area contributed by atoms with Gasteiger partial charge in [-0.15, -0.1) is 0 Å². The monoisotopic (exact) mass is 498 g/mol. The van der Waals surface area contributed by atoms with E-state index in [1.807, 2.05) is 72.8 Å². The Morgan fingerprint density at radius 3 is 2.08 bits per heavy atom. The van der Waals surface area contributed by atoms with Gasteiger partial charge in [0.25, 0.3) is 10.0 Å². The molecule has 0 saturated heterocycles. The van der Waals surface area contributed by atoms with Crippen LogP contribution < -0.4 is 9.62 Å². The maximum atomic E-state index is 13.2. The largest absolute Gasteiger partial charge is 0.349 e. The highest BCUT2D eigenvalue weighted by atomic mass is 32.2. The second kappa shape index (κ2) is 10.2. The summed E-state index contributed by atoms with van der Waals surface area (Å²) in [5.74, 6) is 0.655. The Hall–Kier alpha value is -4.24. The Morgan fingerprint density at radius 2 is 1.44 bits per heavy atom. The van der Waals surface area contributed by atoms with E-state index in [1.54, 1.807) is 7.05 Å². The number of nitrogens with zero attached hydrogens (tertiary/aromatic N) is 5. The van der Waals surface area contributed by atoms with Gasteiger partial charge < -0.3 is 4.90 Å². The molecule has 1 N–H and O–H groups in total. The number of aryl methyl sites for hydroxylation is 1. The molecule has 0 atom stereocenters. The first-order valence-corrected chi connectivity index (χ1v) is 13.1. The Labute approximate surface area is 210 Å². The molecule has 0 spiro atoms. The molecule has 0 aliphatic carbocycles. The van der Waals surface area contributed by atoms with Crippen molar-refractivity contribution in [1.29, 1.82) is 0 Å². The van der Waals surface area contributed by atoms with E-state index in [0.717, 1.165) is 12.0 Å². The first-order chi connectivity index (χ1) is 17.5. The molecular formula is C27H26N6O2S. The third-order valence-electron chi connectivity index (χ3n) is 5.80. The molecule has 5 aromatic rings. The van der Waals surface area contributed by atoms with E-state index in [4.69, 9.17) is 4.98 Å². The fourth-order valence-electron chi connectivity index (χ4n) is 3.98. The van der Waals surface area contributed by atoms with Gasteiger partial charge in [0.1, 0.15) is 4.90 Å². The minimum atomic E-state index is -3.92. The molecule has 3 aromatic carbocycles. The lowest BCUT2D eigenvalue weighted by molar-refractivity contribution is 0.600. The molecule has 2 aromatic heterocycles. The van der Waals surface area contributed by atoms with Gasteiger partial charge in [-0.3, -0.25) is 9.40 Å². The van der Waals surface area contributed by atoms with Crippen LogP contribution in [-0.4, -0.2) is 34.7 Å². The number of anilines is 2. The molecule has 5 rings (SSSR count). The van der Waals surface area contributed by atoms with E-state index >= 15 is 0 Å². The van der Waals surface area contributed by atoms with Crippen LogP contribution in [0.5, 0.6) is 0 Å². The van der Waals surface area contributed by atoms with Crippen LogP contribution in [0.1, 0.15) is 11.1 Å². The maximum absolute atomic E-state index is 13.2. The molecule has 0 amide bonds. The van der Waals surface area contributed by atoms with E-state index < -0.39 is 10.0 Å². The zero-order valence-electron chi connectivity index (χ0n) is 19.8. The standard InChI is InChI=1S/C27H26N6O2S/c1-32-20-23(18-28-32)36(34,35)31-26-27(30-25-15-9-8-14-24(25)29-26)33(19-22-12-6-3-7-13-22)17-16-21-10-4-2-5-11-21/h2-15,18,20H,16-17,19H2,1H3,(H,29,31). The summed E-state index contributed by atoms with van der Waals surface area (Å²) in [7, 11) is -2.25. The molecule has 0 radical (unpaired) electrons. The van der Waals surface area contributed by atoms with Gasteiger partial charge in [0.15, 0.2) is 11.6 Å². The summed E-state index contributed by atoms with van der Waals surface area (Å²) in [6, 6.07) is 27.7. The van der Waals surface area contributed by atoms with Gasteiger partial charge in [0, 0.05) is 26.3 Å². The lowest BCUT2D eigenvalue weighted by atomic mass is 10.1. The van der Waals surface area contributed by atoms with Gasteiger partial charge in [-0.1, -0.05) is 72.8 Å². The van der Waals surface area contributed by atoms with Gasteiger partial charge in [-0.25, -0.2) is 18.4 Å². The third kappa shape index (κ3) is 5.36. The van der Waals surface area contributed by atoms with Crippen molar-refractivity contribution in [3.05, 3.63) is 108 Å². The van der Waals surface area contributed by atoms with Gasteiger partial charge in [0.2, 0.25) is 0 Å². The van der Waals surface area contributed by atoms with Gasteiger partial charge in [-0.2, -0.15) is 5.10 Å². The Balaban J connectivity index is 1.58. The number of hydrogen-bond donors (Lipinski definition) is 1. The molecule has 0 fully saturated rings. The number of para-hydroxylation sites is 2. The van der Waals surface area contributed by atoms with E-state index in [-0.39, 0.29) is 10.7 Å². The lowest BCUT2D eigenvalue weighted by Crippen LogP contribution is -2.28. The first kappa shape index (κ1) is 23.5. The van der Waals surface area contributed by atoms with E-state index in [2.05, 4.69) is 31.8 Å². The molecule has 182 valence electrons. The first-order valence-electron chi connectivity index (χ1n) is 11.6. The zero-order chi connectivity index (χ0) is 25.0. The predicted octanol–water partition coefficient (Wildman–Crippen LogP) is 4.41. The molecule has 0 bridgehead atoms. The Morgan fingerprint density at radius 1 is 0.833 bits per heavy atom. The van der Waals surface area contributed by atoms with Crippen LogP contribution in [0.4, 0.5) is 11.6 Å². The molecule has 0 unspecified atom stereocenters. The van der Waals surface area contributed by atoms with Crippen molar-refractivity contribution >= 4 is 32.7 Å². The maximum Gasteiger partial charge on any atom is 0.266 e. The van der Waals surface area contributed by atoms with Crippen LogP contribution >= 0.6 is 0 Å². The molecule has 36 heavy (non-hydrogen) atoms. The minimum Gasteiger partial charge on any atom is -0.349 e. The molecule has 9 heteroatoms. The summed E-state index contributed by atoms with van der Waals surface area (Å²) in [6.07, 6.45) is 3.53. The summed E-state index contributed by atoms with van der Waals surface area (Å²) < 4.78 is 30.5. The summed E-state index contributed by atoms with van der Waals surface area (Å²) in [4.78, 5) is 11.7. The van der Waals surface area contributed by atoms with Crippen molar-refractivity contribution in [2.45, 2.75) is 17.9 Å². The normalized spacial score (nSPS) is 11.5. The topological polar surface area (TPSA) is 93.0 Å². The quantitative estimate of drug-likeness (QED) is 0.324. The number of nitrogens with one attached hydrogen (secondary N) is 1. The Bertz CT molecular complexity index is 1570. The second-order valence-corrected chi connectivity index (χ2v) is 10.2. The highest BCUT2D eigenvalue weighted by molar-refractivity contribution is 7.92. The van der Waals surface area contributed by atoms with Crippen molar-refractivity contribution in [3.8, 4) is 0 Å². The van der Waals surface area contributed by atoms with Gasteiger partial charge in [-0.05, 0) is 29.7 Å². The highest BCUT2D eigenvalue weighted by Crippen LogP contribution is 2.29. The number of hydrogen-bond acceptors (Lipinski definition) is 6. The SMILES string of the molecule is Cn1cc(S(=O)(=O)Nc2nc3ccccc3nc2N(CCc2ccccc2)Cc2ccccc2)cn1. The fourth-order valence-corrected chi connectivity index (χ4v) is 4.96. The van der Waals surface area contributed by atoms with Crippen molar-refractivity contribution in [2.75, 3.05) is 16.2 Å². The Kier molecular flexibility index (Phi) is 6.64. The second-order valence-electron chi connectivity index (χ2n) is 8.48. The number of sulfonamides is 1. The molecule has 0 saturated carbocycles. The van der Waals surface area contributed by atoms with Crippen LogP contribution in [0.25, 0.3) is 11.0 Å². The smallest absolute Gasteiger partial charge is 0.266 e. The average Bonchev–Trinajstić information content (AvgIpc) is 3.34. The molecule has 0 aliphatic rings. The van der Waals surface area contributed by atoms with E-state index in [9.17, 15) is 8.42 Å². The van der Waals surface area contributed by atoms with E-state index in [1.165, 1.54) is 22.6 Å². The summed E-state index contributed by atoms with van der Waals surface area (Å²) in [5.41, 5.74) is 3.56. The third-order valence-corrected chi connectivity index (χ3v) is 7.10. The fraction of sp³-hybridized carbons (Fsp3) is 0.148. The number of fused-ring (bicyclic) bond motifs is 1. The average molecular weight is 499 g/mol. The van der Waals surface area contributed by atoms with Crippen LogP contribution in [0.15, 0.2) is 102 Å². The molecule has 0 aliphatic heterocycles. The van der Waals surface area contributed by atoms with Crippen molar-refractivity contribution in [3.63, 3.8) is 0 Å². The van der Waals surface area contributed by atoms with Crippen LogP contribution in [0, 0.1) is 0 Å². The van der Waals surface area contributed by atoms with Crippen molar-refractivity contribution in [2.24, 2.45) is 7.05 Å². The highest BCUT2D eigenvalue weighted by Gasteiger charge is 2.23. The summed E-state index contributed by atoms with van der Waals surface area (Å²) in [6.45, 7) is 1.16. The minimum absolute atomic E-state index is 0.0600. The lowest BCUT2D eigenvalue weighted by Gasteiger charge is -2.26. The number of aromatic nitrogens is 4. The van der Waals surface area contributed by atoms with Gasteiger partial charge in [0.05, 0.1) is 17.2 Å². The van der Waals surface area contributed by atoms with Gasteiger partial charge >= 0.3 is 0 Å². The van der Waals surface area contributed by atoms with Crippen LogP contribution in [0.3, 0.4) is 0 Å². The van der Waals surface area contributed by atoms with Crippen LogP contribution in [-0.2, 0) is 30.0 Å².